The molecule has 3 rings (SSSR count). The minimum Gasteiger partial charge on any atom is -0.457 e. The van der Waals surface area contributed by atoms with Gasteiger partial charge in [-0.15, -0.1) is 0 Å². The van der Waals surface area contributed by atoms with Gasteiger partial charge in [-0.05, 0) is 41.5 Å². The van der Waals surface area contributed by atoms with Gasteiger partial charge >= 0.3 is 24.2 Å². The van der Waals surface area contributed by atoms with Crippen LogP contribution in [0.4, 0.5) is 49.6 Å². The van der Waals surface area contributed by atoms with E-state index in [4.69, 9.17) is 4.74 Å². The highest BCUT2D eigenvalue weighted by Crippen LogP contribution is 2.52. The molecule has 0 saturated carbocycles. The predicted octanol–water partition coefficient (Wildman–Crippen LogP) is 7.44. The van der Waals surface area contributed by atoms with Crippen LogP contribution >= 0.6 is 0 Å². The van der Waals surface area contributed by atoms with Crippen molar-refractivity contribution in [2.75, 3.05) is 25.5 Å². The number of aliphatic hydroxyl groups excluding tert-OH is 1. The van der Waals surface area contributed by atoms with E-state index in [9.17, 15) is 49.0 Å². The van der Waals surface area contributed by atoms with Gasteiger partial charge in [-0.1, -0.05) is 36.4 Å². The summed E-state index contributed by atoms with van der Waals surface area (Å²) in [5.41, 5.74) is -1.24. The molecule has 0 saturated heterocycles. The maximum absolute atomic E-state index is 14.4. The van der Waals surface area contributed by atoms with Crippen LogP contribution in [0, 0.1) is 0 Å². The van der Waals surface area contributed by atoms with Crippen molar-refractivity contribution in [3.05, 3.63) is 89.5 Å². The fourth-order valence-corrected chi connectivity index (χ4v) is 3.77. The number of anilines is 1. The number of alkyl halides is 10. The van der Waals surface area contributed by atoms with E-state index in [1.165, 1.54) is 24.3 Å². The van der Waals surface area contributed by atoms with Crippen LogP contribution in [0.5, 0.6) is 11.5 Å². The summed E-state index contributed by atoms with van der Waals surface area (Å²) in [4.78, 5) is 1.79. The molecule has 0 fully saturated rings. The van der Waals surface area contributed by atoms with Gasteiger partial charge in [0.05, 0.1) is 6.04 Å². The number of hydrogen-bond donors (Lipinski definition) is 2. The van der Waals surface area contributed by atoms with Gasteiger partial charge in [-0.25, -0.2) is 0 Å². The van der Waals surface area contributed by atoms with Crippen molar-refractivity contribution in [3.63, 3.8) is 0 Å². The third-order valence-corrected chi connectivity index (χ3v) is 5.99. The summed E-state index contributed by atoms with van der Waals surface area (Å²) < 4.78 is 139. The number of benzene rings is 3. The zero-order valence-corrected chi connectivity index (χ0v) is 21.4. The molecule has 3 aromatic carbocycles. The van der Waals surface area contributed by atoms with Gasteiger partial charge in [0.25, 0.3) is 0 Å². The standard InChI is InChI=1S/C27H24F10N2O2/c1-39(2)19-9-5-11-21(14-19)41-20-10-4-7-17(13-20)23(38-15-22(40)25(30,31)32)16-6-3-8-18(12-16)24(28,29)26(33,34)27(35,36)37/h3-14,22-23,38,40H,15H2,1-2H3/t22-,23?/m1/s1. The Bertz CT molecular complexity index is 1330. The van der Waals surface area contributed by atoms with Crippen LogP contribution in [0.2, 0.25) is 0 Å². The summed E-state index contributed by atoms with van der Waals surface area (Å²) in [7, 11) is 3.57. The molecule has 41 heavy (non-hydrogen) atoms. The fraction of sp³-hybridized carbons (Fsp3) is 0.333. The Morgan fingerprint density at radius 3 is 1.85 bits per heavy atom. The van der Waals surface area contributed by atoms with Gasteiger partial charge in [0.1, 0.15) is 11.5 Å². The second-order valence-corrected chi connectivity index (χ2v) is 9.24. The molecule has 0 aliphatic rings. The Kier molecular flexibility index (Phi) is 9.18. The molecule has 0 spiro atoms. The number of ether oxygens (including phenoxy) is 1. The molecule has 0 amide bonds. The minimum absolute atomic E-state index is 0.0729. The van der Waals surface area contributed by atoms with E-state index in [1.54, 1.807) is 43.3 Å². The molecule has 4 nitrogen and oxygen atoms in total. The molecule has 2 atom stereocenters. The molecule has 1 unspecified atom stereocenters. The van der Waals surface area contributed by atoms with Crippen molar-refractivity contribution in [2.45, 2.75) is 36.3 Å². The highest BCUT2D eigenvalue weighted by Gasteiger charge is 2.73. The Hall–Kier alpha value is -3.52. The third kappa shape index (κ3) is 7.22. The van der Waals surface area contributed by atoms with Crippen LogP contribution in [0.25, 0.3) is 0 Å². The topological polar surface area (TPSA) is 44.7 Å². The highest BCUT2D eigenvalue weighted by atomic mass is 19.4. The Labute approximate surface area is 228 Å². The van der Waals surface area contributed by atoms with E-state index in [0.29, 0.717) is 17.9 Å². The summed E-state index contributed by atoms with van der Waals surface area (Å²) in [5, 5.41) is 11.8. The normalized spacial score (nSPS) is 14.5. The Morgan fingerprint density at radius 1 is 0.756 bits per heavy atom. The second kappa shape index (κ2) is 11.8. The molecule has 2 N–H and O–H groups in total. The van der Waals surface area contributed by atoms with Gasteiger partial charge in [0.2, 0.25) is 0 Å². The highest BCUT2D eigenvalue weighted by molar-refractivity contribution is 5.50. The lowest BCUT2D eigenvalue weighted by molar-refractivity contribution is -0.359. The summed E-state index contributed by atoms with van der Waals surface area (Å²) in [6.07, 6.45) is -14.6. The van der Waals surface area contributed by atoms with Crippen molar-refractivity contribution in [1.29, 1.82) is 0 Å². The first-order valence-corrected chi connectivity index (χ1v) is 11.8. The molecule has 0 aromatic heterocycles. The molecule has 3 aromatic rings. The van der Waals surface area contributed by atoms with Crippen LogP contribution in [0.3, 0.4) is 0 Å². The Balaban J connectivity index is 2.04. The first kappa shape index (κ1) is 32.0. The maximum Gasteiger partial charge on any atom is 0.460 e. The van der Waals surface area contributed by atoms with Crippen molar-refractivity contribution >= 4 is 5.69 Å². The Morgan fingerprint density at radius 2 is 1.29 bits per heavy atom. The first-order valence-electron chi connectivity index (χ1n) is 11.8. The SMILES string of the molecule is CN(C)c1cccc(Oc2cccc(C(NC[C@@H](O)C(F)(F)F)c3cccc(C(F)(F)C(F)(F)C(F)(F)F)c3)c2)c1. The lowest BCUT2D eigenvalue weighted by Gasteiger charge is -2.29. The lowest BCUT2D eigenvalue weighted by atomic mass is 9.93. The van der Waals surface area contributed by atoms with Gasteiger partial charge in [-0.2, -0.15) is 43.9 Å². The van der Waals surface area contributed by atoms with E-state index < -0.39 is 48.5 Å². The van der Waals surface area contributed by atoms with E-state index in [-0.39, 0.29) is 16.9 Å². The van der Waals surface area contributed by atoms with E-state index in [0.717, 1.165) is 17.8 Å². The number of nitrogens with one attached hydrogen (secondary N) is 1. The average molecular weight is 598 g/mol. The van der Waals surface area contributed by atoms with Gasteiger partial charge in [-0.3, -0.25) is 0 Å². The summed E-state index contributed by atoms with van der Waals surface area (Å²) >= 11 is 0. The summed E-state index contributed by atoms with van der Waals surface area (Å²) in [6, 6.07) is 13.4. The van der Waals surface area contributed by atoms with Gasteiger partial charge in [0, 0.05) is 38.0 Å². The molecular weight excluding hydrogens is 574 g/mol. The molecular formula is C27H24F10N2O2. The van der Waals surface area contributed by atoms with Crippen molar-refractivity contribution in [1.82, 2.24) is 5.32 Å². The van der Waals surface area contributed by atoms with Crippen LogP contribution in [-0.2, 0) is 5.92 Å². The van der Waals surface area contributed by atoms with Crippen LogP contribution in [-0.4, -0.2) is 50.1 Å². The van der Waals surface area contributed by atoms with E-state index in [1.807, 2.05) is 0 Å². The first-order chi connectivity index (χ1) is 18.8. The fourth-order valence-electron chi connectivity index (χ4n) is 3.77. The predicted molar refractivity (Wildman–Crippen MR) is 131 cm³/mol. The zero-order chi connectivity index (χ0) is 30.8. The van der Waals surface area contributed by atoms with Crippen LogP contribution in [0.15, 0.2) is 72.8 Å². The third-order valence-electron chi connectivity index (χ3n) is 5.99. The summed E-state index contributed by atoms with van der Waals surface area (Å²) in [6.45, 7) is -1.16. The van der Waals surface area contributed by atoms with Crippen molar-refractivity contribution in [2.24, 2.45) is 0 Å². The van der Waals surface area contributed by atoms with Crippen molar-refractivity contribution < 1.29 is 53.7 Å². The van der Waals surface area contributed by atoms with Crippen LogP contribution < -0.4 is 15.0 Å². The molecule has 0 bridgehead atoms. The lowest BCUT2D eigenvalue weighted by Crippen LogP contribution is -2.50. The second-order valence-electron chi connectivity index (χ2n) is 9.24. The van der Waals surface area contributed by atoms with Crippen molar-refractivity contribution in [3.8, 4) is 11.5 Å². The van der Waals surface area contributed by atoms with Crippen LogP contribution in [0.1, 0.15) is 22.7 Å². The maximum atomic E-state index is 14.4. The molecule has 0 aliphatic heterocycles. The van der Waals surface area contributed by atoms with E-state index >= 15 is 0 Å². The average Bonchev–Trinajstić information content (AvgIpc) is 2.88. The molecule has 0 aliphatic carbocycles. The largest absolute Gasteiger partial charge is 0.460 e. The van der Waals surface area contributed by atoms with Gasteiger partial charge in [0.15, 0.2) is 6.10 Å². The smallest absolute Gasteiger partial charge is 0.457 e. The molecule has 224 valence electrons. The number of hydrogen-bond acceptors (Lipinski definition) is 4. The number of nitrogens with zero attached hydrogens (tertiary/aromatic N) is 1. The quantitative estimate of drug-likeness (QED) is 0.238. The monoisotopic (exact) mass is 598 g/mol. The zero-order valence-electron chi connectivity index (χ0n) is 21.4. The number of halogens is 10. The number of rotatable bonds is 10. The molecule has 14 heteroatoms. The summed E-state index contributed by atoms with van der Waals surface area (Å²) in [5.74, 6) is -11.6. The molecule has 0 radical (unpaired) electrons. The molecule has 0 heterocycles. The van der Waals surface area contributed by atoms with E-state index in [2.05, 4.69) is 5.32 Å². The van der Waals surface area contributed by atoms with Gasteiger partial charge < -0.3 is 20.1 Å². The minimum atomic E-state index is -6.59. The number of aliphatic hydroxyl groups is 1.